The van der Waals surface area contributed by atoms with Crippen LogP contribution in [-0.4, -0.2) is 12.0 Å². The molecule has 0 aliphatic heterocycles. The Balaban J connectivity index is 1.28. The first kappa shape index (κ1) is 23.8. The number of ether oxygens (including phenoxy) is 1. The molecule has 4 aromatic rings. The first-order chi connectivity index (χ1) is 17.2. The standard InChI is InChI=1S/C30H28N2O3/c33-29(28(26-12-6-2-7-13-26)27-14-8-3-9-15-27)31-20-23-16-18-24(19-17-23)21-32-30(34)35-22-25-10-4-1-5-11-25/h1-19,28H,20-22H2,(H,31,33)(H,32,34). The second-order valence-corrected chi connectivity index (χ2v) is 8.20. The molecule has 2 amide bonds. The van der Waals surface area contributed by atoms with E-state index >= 15 is 0 Å². The van der Waals surface area contributed by atoms with Crippen LogP contribution in [0.2, 0.25) is 0 Å². The summed E-state index contributed by atoms with van der Waals surface area (Å²) in [6.45, 7) is 1.02. The zero-order valence-corrected chi connectivity index (χ0v) is 19.4. The summed E-state index contributed by atoms with van der Waals surface area (Å²) in [4.78, 5) is 25.1. The van der Waals surface area contributed by atoms with Crippen molar-refractivity contribution in [2.24, 2.45) is 0 Å². The van der Waals surface area contributed by atoms with Gasteiger partial charge in [0.2, 0.25) is 5.91 Å². The van der Waals surface area contributed by atoms with Gasteiger partial charge in [-0.2, -0.15) is 0 Å². The minimum absolute atomic E-state index is 0.0469. The Morgan fingerprint density at radius 3 is 1.54 bits per heavy atom. The molecule has 5 heteroatoms. The molecule has 0 atom stereocenters. The van der Waals surface area contributed by atoms with Crippen molar-refractivity contribution in [2.75, 3.05) is 0 Å². The molecule has 2 N–H and O–H groups in total. The van der Waals surface area contributed by atoms with Crippen molar-refractivity contribution < 1.29 is 14.3 Å². The van der Waals surface area contributed by atoms with Gasteiger partial charge in [0.25, 0.3) is 0 Å². The minimum atomic E-state index is -0.460. The molecule has 0 unspecified atom stereocenters. The highest BCUT2D eigenvalue weighted by Gasteiger charge is 2.22. The van der Waals surface area contributed by atoms with Gasteiger partial charge in [0.15, 0.2) is 0 Å². The molecule has 0 aromatic heterocycles. The second-order valence-electron chi connectivity index (χ2n) is 8.20. The maximum Gasteiger partial charge on any atom is 0.407 e. The number of alkyl carbamates (subject to hydrolysis) is 1. The quantitative estimate of drug-likeness (QED) is 0.341. The van der Waals surface area contributed by atoms with Crippen molar-refractivity contribution in [3.8, 4) is 0 Å². The van der Waals surface area contributed by atoms with Gasteiger partial charge in [-0.1, -0.05) is 115 Å². The molecule has 0 radical (unpaired) electrons. The summed E-state index contributed by atoms with van der Waals surface area (Å²) in [5.74, 6) is -0.419. The molecule has 4 rings (SSSR count). The summed E-state index contributed by atoms with van der Waals surface area (Å²) in [7, 11) is 0. The van der Waals surface area contributed by atoms with E-state index in [0.717, 1.165) is 27.8 Å². The molecule has 0 bridgehead atoms. The van der Waals surface area contributed by atoms with Crippen LogP contribution in [0.15, 0.2) is 115 Å². The number of carbonyl (C=O) groups excluding carboxylic acids is 2. The van der Waals surface area contributed by atoms with Crippen LogP contribution in [0.25, 0.3) is 0 Å². The maximum absolute atomic E-state index is 13.2. The van der Waals surface area contributed by atoms with Crippen LogP contribution in [0.1, 0.15) is 33.7 Å². The fourth-order valence-corrected chi connectivity index (χ4v) is 3.80. The van der Waals surface area contributed by atoms with E-state index in [0.29, 0.717) is 13.1 Å². The van der Waals surface area contributed by atoms with Crippen LogP contribution in [0.4, 0.5) is 4.79 Å². The Hall–Kier alpha value is -4.38. The SMILES string of the molecule is O=C(NCc1ccc(CNC(=O)C(c2ccccc2)c2ccccc2)cc1)OCc1ccccc1. The van der Waals surface area contributed by atoms with E-state index in [4.69, 9.17) is 4.74 Å². The van der Waals surface area contributed by atoms with E-state index in [2.05, 4.69) is 10.6 Å². The van der Waals surface area contributed by atoms with Crippen LogP contribution in [0.5, 0.6) is 0 Å². The number of hydrogen-bond donors (Lipinski definition) is 2. The van der Waals surface area contributed by atoms with E-state index in [9.17, 15) is 9.59 Å². The zero-order chi connectivity index (χ0) is 24.3. The molecule has 35 heavy (non-hydrogen) atoms. The molecule has 5 nitrogen and oxygen atoms in total. The smallest absolute Gasteiger partial charge is 0.407 e. The summed E-state index contributed by atoms with van der Waals surface area (Å²) < 4.78 is 5.24. The number of rotatable bonds is 9. The topological polar surface area (TPSA) is 67.4 Å². The van der Waals surface area contributed by atoms with Crippen molar-refractivity contribution >= 4 is 12.0 Å². The maximum atomic E-state index is 13.2. The van der Waals surface area contributed by atoms with Crippen LogP contribution >= 0.6 is 0 Å². The van der Waals surface area contributed by atoms with Crippen molar-refractivity contribution in [2.45, 2.75) is 25.6 Å². The molecule has 0 heterocycles. The van der Waals surface area contributed by atoms with Crippen LogP contribution in [0, 0.1) is 0 Å². The van der Waals surface area contributed by atoms with E-state index in [1.54, 1.807) is 0 Å². The monoisotopic (exact) mass is 464 g/mol. The van der Waals surface area contributed by atoms with Gasteiger partial charge in [0.05, 0.1) is 5.92 Å². The predicted molar refractivity (Wildman–Crippen MR) is 136 cm³/mol. The van der Waals surface area contributed by atoms with Crippen molar-refractivity contribution in [3.05, 3.63) is 143 Å². The van der Waals surface area contributed by atoms with E-state index in [1.807, 2.05) is 115 Å². The lowest BCUT2D eigenvalue weighted by molar-refractivity contribution is -0.121. The van der Waals surface area contributed by atoms with Gasteiger partial charge in [0, 0.05) is 13.1 Å². The predicted octanol–water partition coefficient (Wildman–Crippen LogP) is 5.56. The zero-order valence-electron chi connectivity index (χ0n) is 19.4. The lowest BCUT2D eigenvalue weighted by Crippen LogP contribution is -2.29. The minimum Gasteiger partial charge on any atom is -0.445 e. The Morgan fingerprint density at radius 2 is 1.03 bits per heavy atom. The van der Waals surface area contributed by atoms with Crippen LogP contribution in [0.3, 0.4) is 0 Å². The molecule has 0 aliphatic carbocycles. The summed E-state index contributed by atoms with van der Waals surface area (Å²) in [6, 6.07) is 36.9. The lowest BCUT2D eigenvalue weighted by Gasteiger charge is -2.18. The largest absolute Gasteiger partial charge is 0.445 e. The Kier molecular flexibility index (Phi) is 8.28. The van der Waals surface area contributed by atoms with Crippen molar-refractivity contribution in [1.29, 1.82) is 0 Å². The molecule has 0 saturated carbocycles. The Morgan fingerprint density at radius 1 is 0.571 bits per heavy atom. The number of amides is 2. The van der Waals surface area contributed by atoms with Gasteiger partial charge in [0.1, 0.15) is 6.61 Å². The van der Waals surface area contributed by atoms with E-state index < -0.39 is 6.09 Å². The molecule has 0 spiro atoms. The summed E-state index contributed by atoms with van der Waals surface area (Å²) >= 11 is 0. The molecule has 0 saturated heterocycles. The average molecular weight is 465 g/mol. The Bertz CT molecular complexity index is 1170. The average Bonchev–Trinajstić information content (AvgIpc) is 2.92. The first-order valence-corrected chi connectivity index (χ1v) is 11.6. The molecule has 176 valence electrons. The highest BCUT2D eigenvalue weighted by Crippen LogP contribution is 2.24. The van der Waals surface area contributed by atoms with Gasteiger partial charge in [-0.25, -0.2) is 4.79 Å². The fourth-order valence-electron chi connectivity index (χ4n) is 3.80. The van der Waals surface area contributed by atoms with Gasteiger partial charge in [-0.15, -0.1) is 0 Å². The van der Waals surface area contributed by atoms with Crippen molar-refractivity contribution in [1.82, 2.24) is 10.6 Å². The number of nitrogens with one attached hydrogen (secondary N) is 2. The van der Waals surface area contributed by atoms with E-state index in [1.165, 1.54) is 0 Å². The number of benzene rings is 4. The number of carbonyl (C=O) groups is 2. The van der Waals surface area contributed by atoms with Gasteiger partial charge >= 0.3 is 6.09 Å². The van der Waals surface area contributed by atoms with Crippen LogP contribution in [-0.2, 0) is 29.2 Å². The first-order valence-electron chi connectivity index (χ1n) is 11.6. The van der Waals surface area contributed by atoms with Crippen LogP contribution < -0.4 is 10.6 Å². The Labute approximate surface area is 205 Å². The van der Waals surface area contributed by atoms with Gasteiger partial charge < -0.3 is 15.4 Å². The third-order valence-corrected chi connectivity index (χ3v) is 5.67. The van der Waals surface area contributed by atoms with E-state index in [-0.39, 0.29) is 18.4 Å². The molecular formula is C30H28N2O3. The highest BCUT2D eigenvalue weighted by molar-refractivity contribution is 5.87. The van der Waals surface area contributed by atoms with Gasteiger partial charge in [-0.3, -0.25) is 4.79 Å². The fraction of sp³-hybridized carbons (Fsp3) is 0.133. The molecule has 0 fully saturated rings. The summed E-state index contributed by atoms with van der Waals surface area (Å²) in [6.07, 6.45) is -0.460. The third kappa shape index (κ3) is 7.05. The molecule has 4 aromatic carbocycles. The number of hydrogen-bond acceptors (Lipinski definition) is 3. The summed E-state index contributed by atoms with van der Waals surface area (Å²) in [5.41, 5.74) is 4.78. The van der Waals surface area contributed by atoms with Crippen molar-refractivity contribution in [3.63, 3.8) is 0 Å². The normalized spacial score (nSPS) is 10.5. The van der Waals surface area contributed by atoms with Gasteiger partial charge in [-0.05, 0) is 27.8 Å². The molecular weight excluding hydrogens is 436 g/mol. The molecule has 0 aliphatic rings. The summed E-state index contributed by atoms with van der Waals surface area (Å²) in [5, 5.41) is 5.83. The lowest BCUT2D eigenvalue weighted by atomic mass is 9.90. The third-order valence-electron chi connectivity index (χ3n) is 5.67. The second kappa shape index (κ2) is 12.2. The highest BCUT2D eigenvalue weighted by atomic mass is 16.5.